The van der Waals surface area contributed by atoms with Crippen molar-refractivity contribution in [1.29, 1.82) is 0 Å². The van der Waals surface area contributed by atoms with Gasteiger partial charge in [-0.15, -0.1) is 11.3 Å². The SMILES string of the molecule is Cc1cc(C)c(C2=C(OCc3ccccc3)C3(CCC(OCCN4CCN(CCOCCOCC(=O)N[C@H](C(=O)N5C[C@H](O)C[C@H]5C(=O)N[C@@H](C)c5ccc(-c6scnc6C)cc5)C(C)(C)C)CC4)CC3)OC2=O)c(C)c1. The molecule has 1 spiro atoms. The van der Waals surface area contributed by atoms with Crippen LogP contribution >= 0.6 is 11.3 Å². The van der Waals surface area contributed by atoms with Gasteiger partial charge in [0.25, 0.3) is 0 Å². The lowest BCUT2D eigenvalue weighted by Gasteiger charge is -2.38. The van der Waals surface area contributed by atoms with E-state index >= 15 is 0 Å². The Morgan fingerprint density at radius 3 is 2.16 bits per heavy atom. The zero-order chi connectivity index (χ0) is 54.9. The Hall–Kier alpha value is -5.53. The Balaban J connectivity index is 0.704. The minimum absolute atomic E-state index is 0.0114. The number of esters is 1. The second-order valence-electron chi connectivity index (χ2n) is 22.4. The highest BCUT2D eigenvalue weighted by Gasteiger charge is 2.52. The first kappa shape index (κ1) is 57.6. The van der Waals surface area contributed by atoms with Gasteiger partial charge in [-0.3, -0.25) is 24.2 Å². The number of piperazine rings is 1. The number of carbonyl (C=O) groups is 4. The van der Waals surface area contributed by atoms with Gasteiger partial charge in [-0.2, -0.15) is 0 Å². The summed E-state index contributed by atoms with van der Waals surface area (Å²) < 4.78 is 30.9. The molecule has 0 radical (unpaired) electrons. The third-order valence-electron chi connectivity index (χ3n) is 15.5. The molecule has 4 aliphatic rings. The Bertz CT molecular complexity index is 2670. The van der Waals surface area contributed by atoms with Crippen molar-refractivity contribution in [2.75, 3.05) is 78.8 Å². The number of aromatic nitrogens is 1. The summed E-state index contributed by atoms with van der Waals surface area (Å²) in [4.78, 5) is 66.4. The van der Waals surface area contributed by atoms with E-state index in [0.29, 0.717) is 50.6 Å². The van der Waals surface area contributed by atoms with Crippen LogP contribution in [0.5, 0.6) is 0 Å². The van der Waals surface area contributed by atoms with E-state index in [-0.39, 0.29) is 50.2 Å². The van der Waals surface area contributed by atoms with Crippen molar-refractivity contribution in [2.45, 2.75) is 130 Å². The number of β-amino-alcohol motifs (C(OH)–C–C–N with tert-alkyl or cyclic N) is 1. The Morgan fingerprint density at radius 2 is 1.52 bits per heavy atom. The highest BCUT2D eigenvalue weighted by molar-refractivity contribution is 7.13. The smallest absolute Gasteiger partial charge is 0.343 e. The molecule has 17 heteroatoms. The highest BCUT2D eigenvalue weighted by Crippen LogP contribution is 2.49. The van der Waals surface area contributed by atoms with Gasteiger partial charge in [0.2, 0.25) is 17.7 Å². The molecule has 0 unspecified atom stereocenters. The van der Waals surface area contributed by atoms with Crippen LogP contribution in [0.2, 0.25) is 0 Å². The van der Waals surface area contributed by atoms with Crippen LogP contribution < -0.4 is 10.6 Å². The highest BCUT2D eigenvalue weighted by atomic mass is 32.1. The summed E-state index contributed by atoms with van der Waals surface area (Å²) in [6.07, 6.45) is 2.15. The van der Waals surface area contributed by atoms with Crippen LogP contribution in [-0.2, 0) is 49.5 Å². The van der Waals surface area contributed by atoms with E-state index in [0.717, 1.165) is 102 Å². The number of rotatable bonds is 22. The van der Waals surface area contributed by atoms with Crippen LogP contribution in [0.1, 0.15) is 105 Å². The number of thiazole rings is 1. The van der Waals surface area contributed by atoms with Crippen molar-refractivity contribution >= 4 is 40.6 Å². The monoisotopic (exact) mass is 1080 g/mol. The number of benzene rings is 3. The van der Waals surface area contributed by atoms with Crippen LogP contribution in [-0.4, -0.2) is 157 Å². The topological polar surface area (TPSA) is 181 Å². The Kier molecular flexibility index (Phi) is 19.4. The molecule has 1 saturated carbocycles. The lowest BCUT2D eigenvalue weighted by molar-refractivity contribution is -0.153. The van der Waals surface area contributed by atoms with Crippen molar-refractivity contribution in [3.8, 4) is 10.4 Å². The van der Waals surface area contributed by atoms with Gasteiger partial charge in [0, 0.05) is 52.2 Å². The molecule has 3 fully saturated rings. The number of likely N-dealkylation sites (tertiary alicyclic amines) is 1. The number of nitrogens with zero attached hydrogens (tertiary/aromatic N) is 4. The normalized spacial score (nSPS) is 22.1. The molecular weight excluding hydrogens is 997 g/mol. The van der Waals surface area contributed by atoms with Crippen LogP contribution in [0.4, 0.5) is 0 Å². The molecule has 2 saturated heterocycles. The number of ether oxygens (including phenoxy) is 5. The van der Waals surface area contributed by atoms with E-state index in [4.69, 9.17) is 23.7 Å². The number of aliphatic hydroxyl groups is 1. The molecule has 4 aromatic rings. The maximum atomic E-state index is 14.1. The average molecular weight is 1080 g/mol. The predicted molar refractivity (Wildman–Crippen MR) is 297 cm³/mol. The van der Waals surface area contributed by atoms with Crippen molar-refractivity contribution in [1.82, 2.24) is 30.3 Å². The molecule has 3 aliphatic heterocycles. The molecular formula is C60H80N6O10S. The summed E-state index contributed by atoms with van der Waals surface area (Å²) in [5, 5.41) is 16.6. The standard InChI is InChI=1S/C60H80N6O10S/c1-39-32-40(2)51(41(3)33-39)52-55(75-36-44-12-10-9-11-13-44)60(76-58(52)71)20-18-48(19-21-60)74-29-27-65-24-22-64(23-25-65)26-28-72-30-31-73-37-50(68)63-54(59(6,7)8)57(70)66-35-47(67)34-49(66)56(69)62-42(4)45-14-16-46(17-15-45)53-43(5)61-38-77-53/h9-17,32-33,38,42,47-49,54,67H,18-31,34-37H2,1-8H3,(H,62,69)(H,63,68)/t42-,47+,48?,49-,54+,60?/m0/s1. The number of aliphatic hydroxyl groups excluding tert-OH is 1. The summed E-state index contributed by atoms with van der Waals surface area (Å²) in [5.41, 5.74) is 8.98. The lowest BCUT2D eigenvalue weighted by Crippen LogP contribution is -2.58. The third kappa shape index (κ3) is 14.6. The number of carbonyl (C=O) groups excluding carboxylic acids is 4. The summed E-state index contributed by atoms with van der Waals surface area (Å²) >= 11 is 1.58. The van der Waals surface area contributed by atoms with Gasteiger partial charge in [-0.1, -0.05) is 93.1 Å². The first-order valence-corrected chi connectivity index (χ1v) is 28.3. The number of hydrogen-bond acceptors (Lipinski definition) is 14. The van der Waals surface area contributed by atoms with Crippen molar-refractivity contribution in [3.05, 3.63) is 117 Å². The predicted octanol–water partition coefficient (Wildman–Crippen LogP) is 7.25. The Morgan fingerprint density at radius 1 is 0.870 bits per heavy atom. The fraction of sp³-hybridized carbons (Fsp3) is 0.550. The fourth-order valence-corrected chi connectivity index (χ4v) is 12.1. The summed E-state index contributed by atoms with van der Waals surface area (Å²) in [6, 6.07) is 20.0. The van der Waals surface area contributed by atoms with Crippen LogP contribution in [0.25, 0.3) is 16.0 Å². The Labute approximate surface area is 458 Å². The second kappa shape index (κ2) is 26.0. The molecule has 416 valence electrons. The number of hydrogen-bond donors (Lipinski definition) is 3. The van der Waals surface area contributed by atoms with Gasteiger partial charge in [0.05, 0.1) is 60.8 Å². The summed E-state index contributed by atoms with van der Waals surface area (Å²) in [5.74, 6) is -0.899. The molecule has 8 rings (SSSR count). The molecule has 1 aromatic heterocycles. The maximum Gasteiger partial charge on any atom is 0.343 e. The van der Waals surface area contributed by atoms with Gasteiger partial charge in [0.15, 0.2) is 11.4 Å². The van der Waals surface area contributed by atoms with Gasteiger partial charge in [0.1, 0.15) is 30.9 Å². The van der Waals surface area contributed by atoms with Gasteiger partial charge < -0.3 is 44.3 Å². The van der Waals surface area contributed by atoms with Gasteiger partial charge in [-0.05, 0) is 99.1 Å². The van der Waals surface area contributed by atoms with Crippen LogP contribution in [0.3, 0.4) is 0 Å². The number of aryl methyl sites for hydroxylation is 4. The fourth-order valence-electron chi connectivity index (χ4n) is 11.3. The van der Waals surface area contributed by atoms with Crippen molar-refractivity contribution in [3.63, 3.8) is 0 Å². The molecule has 4 atom stereocenters. The molecule has 0 bridgehead atoms. The number of nitrogens with one attached hydrogen (secondary N) is 2. The zero-order valence-electron chi connectivity index (χ0n) is 46.4. The summed E-state index contributed by atoms with van der Waals surface area (Å²) in [6.45, 7) is 22.7. The first-order valence-electron chi connectivity index (χ1n) is 27.4. The van der Waals surface area contributed by atoms with E-state index in [1.807, 2.05) is 94.7 Å². The second-order valence-corrected chi connectivity index (χ2v) is 23.3. The quantitative estimate of drug-likeness (QED) is 0.0530. The molecule has 3 amide bonds. The summed E-state index contributed by atoms with van der Waals surface area (Å²) in [7, 11) is 0. The molecule has 4 heterocycles. The van der Waals surface area contributed by atoms with Crippen molar-refractivity contribution in [2.24, 2.45) is 5.41 Å². The first-order chi connectivity index (χ1) is 36.9. The van der Waals surface area contributed by atoms with Crippen molar-refractivity contribution < 1.29 is 48.0 Å². The number of amides is 3. The van der Waals surface area contributed by atoms with E-state index in [1.165, 1.54) is 4.90 Å². The van der Waals surface area contributed by atoms with Gasteiger partial charge >= 0.3 is 5.97 Å². The van der Waals surface area contributed by atoms with E-state index in [2.05, 4.69) is 58.3 Å². The molecule has 3 aromatic carbocycles. The van der Waals surface area contributed by atoms with Crippen LogP contribution in [0, 0.1) is 33.1 Å². The molecule has 77 heavy (non-hydrogen) atoms. The minimum Gasteiger partial charge on any atom is -0.488 e. The van der Waals surface area contributed by atoms with E-state index in [1.54, 1.807) is 11.3 Å². The maximum absolute atomic E-state index is 14.1. The van der Waals surface area contributed by atoms with E-state index < -0.39 is 41.0 Å². The largest absolute Gasteiger partial charge is 0.488 e. The average Bonchev–Trinajstić information content (AvgIpc) is 4.13. The molecule has 16 nitrogen and oxygen atoms in total. The third-order valence-corrected chi connectivity index (χ3v) is 16.4. The molecule has 1 aliphatic carbocycles. The molecule has 3 N–H and O–H groups in total. The van der Waals surface area contributed by atoms with Gasteiger partial charge in [-0.25, -0.2) is 9.78 Å². The lowest BCUT2D eigenvalue weighted by atomic mass is 9.80. The van der Waals surface area contributed by atoms with E-state index in [9.17, 15) is 24.3 Å². The minimum atomic E-state index is -0.958. The van der Waals surface area contributed by atoms with Crippen LogP contribution in [0.15, 0.2) is 78.0 Å². The zero-order valence-corrected chi connectivity index (χ0v) is 47.2.